The Bertz CT molecular complexity index is 799. The summed E-state index contributed by atoms with van der Waals surface area (Å²) in [5.74, 6) is 1.55. The average Bonchev–Trinajstić information content (AvgIpc) is 3.04. The molecule has 5 nitrogen and oxygen atoms in total. The Morgan fingerprint density at radius 3 is 2.54 bits per heavy atom. The second-order valence-electron chi connectivity index (χ2n) is 5.75. The highest BCUT2D eigenvalue weighted by atomic mass is 19.1. The molecule has 4 rings (SSSR count). The number of hydrogen-bond acceptors (Lipinski definition) is 5. The van der Waals surface area contributed by atoms with E-state index in [9.17, 15) is 4.39 Å². The maximum atomic E-state index is 12.9. The van der Waals surface area contributed by atoms with Crippen molar-refractivity contribution in [1.82, 2.24) is 15.1 Å². The van der Waals surface area contributed by atoms with Crippen LogP contribution in [0, 0.1) is 5.82 Å². The van der Waals surface area contributed by atoms with Gasteiger partial charge in [-0.25, -0.2) is 4.39 Å². The summed E-state index contributed by atoms with van der Waals surface area (Å²) in [6, 6.07) is 15.8. The third-order valence-electron chi connectivity index (χ3n) is 3.89. The normalized spacial score (nSPS) is 15.2. The number of hydrogen-bond donors (Lipinski definition) is 0. The minimum atomic E-state index is -0.261. The second kappa shape index (κ2) is 6.41. The van der Waals surface area contributed by atoms with Crippen LogP contribution in [-0.4, -0.2) is 34.3 Å². The third-order valence-corrected chi connectivity index (χ3v) is 3.89. The Labute approximate surface area is 138 Å². The molecule has 1 aromatic heterocycles. The summed E-state index contributed by atoms with van der Waals surface area (Å²) >= 11 is 0. The molecule has 1 saturated heterocycles. The van der Waals surface area contributed by atoms with Gasteiger partial charge in [-0.15, -0.1) is 10.2 Å². The van der Waals surface area contributed by atoms with Gasteiger partial charge in [0.25, 0.3) is 0 Å². The highest BCUT2D eigenvalue weighted by Crippen LogP contribution is 2.22. The maximum Gasteiger partial charge on any atom is 0.247 e. The molecule has 2 heterocycles. The minimum Gasteiger partial charge on any atom is -0.488 e. The van der Waals surface area contributed by atoms with Crippen LogP contribution < -0.4 is 4.74 Å². The van der Waals surface area contributed by atoms with Gasteiger partial charge in [0, 0.05) is 18.7 Å². The molecular weight excluding hydrogens is 309 g/mol. The first kappa shape index (κ1) is 14.8. The molecule has 3 aromatic rings. The van der Waals surface area contributed by atoms with Crippen molar-refractivity contribution in [3.63, 3.8) is 0 Å². The molecule has 0 aliphatic carbocycles. The quantitative estimate of drug-likeness (QED) is 0.721. The molecule has 1 aliphatic heterocycles. The standard InChI is InChI=1S/C18H16FN3O2/c19-14-6-8-15(9-7-14)23-16-10-22(11-16)12-17-20-21-18(24-17)13-4-2-1-3-5-13/h1-9,16H,10-12H2. The van der Waals surface area contributed by atoms with Crippen LogP contribution in [0.5, 0.6) is 5.75 Å². The van der Waals surface area contributed by atoms with Gasteiger partial charge in [0.15, 0.2) is 0 Å². The summed E-state index contributed by atoms with van der Waals surface area (Å²) < 4.78 is 24.3. The van der Waals surface area contributed by atoms with Crippen LogP contribution in [0.15, 0.2) is 59.0 Å². The van der Waals surface area contributed by atoms with Crippen LogP contribution in [0.25, 0.3) is 11.5 Å². The van der Waals surface area contributed by atoms with E-state index in [1.165, 1.54) is 12.1 Å². The van der Waals surface area contributed by atoms with Gasteiger partial charge in [-0.3, -0.25) is 4.90 Å². The van der Waals surface area contributed by atoms with Crippen molar-refractivity contribution in [2.45, 2.75) is 12.6 Å². The Hall–Kier alpha value is -2.73. The fourth-order valence-corrected chi connectivity index (χ4v) is 2.64. The summed E-state index contributed by atoms with van der Waals surface area (Å²) in [6.07, 6.45) is 0.104. The number of ether oxygens (including phenoxy) is 1. The highest BCUT2D eigenvalue weighted by molar-refractivity contribution is 5.51. The van der Waals surface area contributed by atoms with Gasteiger partial charge in [-0.2, -0.15) is 0 Å². The molecule has 0 bridgehead atoms. The lowest BCUT2D eigenvalue weighted by Gasteiger charge is -2.38. The Morgan fingerprint density at radius 2 is 1.79 bits per heavy atom. The van der Waals surface area contributed by atoms with E-state index in [1.54, 1.807) is 12.1 Å². The van der Waals surface area contributed by atoms with E-state index in [0.717, 1.165) is 18.7 Å². The van der Waals surface area contributed by atoms with Crippen LogP contribution in [0.2, 0.25) is 0 Å². The second-order valence-corrected chi connectivity index (χ2v) is 5.75. The predicted octanol–water partition coefficient (Wildman–Crippen LogP) is 3.14. The zero-order chi connectivity index (χ0) is 16.4. The van der Waals surface area contributed by atoms with Crippen LogP contribution >= 0.6 is 0 Å². The smallest absolute Gasteiger partial charge is 0.247 e. The van der Waals surface area contributed by atoms with Gasteiger partial charge < -0.3 is 9.15 Å². The predicted molar refractivity (Wildman–Crippen MR) is 85.8 cm³/mol. The van der Waals surface area contributed by atoms with E-state index in [1.807, 2.05) is 30.3 Å². The number of halogens is 1. The van der Waals surface area contributed by atoms with Crippen molar-refractivity contribution >= 4 is 0 Å². The van der Waals surface area contributed by atoms with Crippen molar-refractivity contribution in [2.75, 3.05) is 13.1 Å². The first-order valence-electron chi connectivity index (χ1n) is 7.79. The SMILES string of the molecule is Fc1ccc(OC2CN(Cc3nnc(-c4ccccc4)o3)C2)cc1. The summed E-state index contributed by atoms with van der Waals surface area (Å²) in [7, 11) is 0. The van der Waals surface area contributed by atoms with Crippen LogP contribution in [0.1, 0.15) is 5.89 Å². The molecule has 2 aromatic carbocycles. The van der Waals surface area contributed by atoms with Gasteiger partial charge in [-0.05, 0) is 36.4 Å². The van der Waals surface area contributed by atoms with Crippen molar-refractivity contribution < 1.29 is 13.5 Å². The Kier molecular flexibility index (Phi) is 3.96. The van der Waals surface area contributed by atoms with Gasteiger partial charge in [0.1, 0.15) is 17.7 Å². The lowest BCUT2D eigenvalue weighted by molar-refractivity contribution is 0.00970. The first-order chi connectivity index (χ1) is 11.8. The van der Waals surface area contributed by atoms with Gasteiger partial charge >= 0.3 is 0 Å². The summed E-state index contributed by atoms with van der Waals surface area (Å²) in [6.45, 7) is 2.16. The van der Waals surface area contributed by atoms with Crippen molar-refractivity contribution in [3.8, 4) is 17.2 Å². The molecule has 0 saturated carbocycles. The molecule has 0 radical (unpaired) electrons. The zero-order valence-corrected chi connectivity index (χ0v) is 12.9. The van der Waals surface area contributed by atoms with E-state index in [0.29, 0.717) is 24.1 Å². The summed E-state index contributed by atoms with van der Waals surface area (Å²) in [4.78, 5) is 2.16. The molecule has 0 N–H and O–H groups in total. The van der Waals surface area contributed by atoms with Crippen LogP contribution in [0.4, 0.5) is 4.39 Å². The molecular formula is C18H16FN3O2. The fourth-order valence-electron chi connectivity index (χ4n) is 2.64. The largest absolute Gasteiger partial charge is 0.488 e. The van der Waals surface area contributed by atoms with Crippen molar-refractivity contribution in [1.29, 1.82) is 0 Å². The van der Waals surface area contributed by atoms with E-state index in [4.69, 9.17) is 9.15 Å². The van der Waals surface area contributed by atoms with Crippen LogP contribution in [-0.2, 0) is 6.54 Å². The molecule has 0 spiro atoms. The number of nitrogens with zero attached hydrogens (tertiary/aromatic N) is 3. The van der Waals surface area contributed by atoms with Gasteiger partial charge in [0.05, 0.1) is 6.54 Å². The molecule has 0 unspecified atom stereocenters. The molecule has 24 heavy (non-hydrogen) atoms. The van der Waals surface area contributed by atoms with E-state index in [2.05, 4.69) is 15.1 Å². The van der Waals surface area contributed by atoms with E-state index in [-0.39, 0.29) is 11.9 Å². The molecule has 0 amide bonds. The van der Waals surface area contributed by atoms with Gasteiger partial charge in [-0.1, -0.05) is 18.2 Å². The lowest BCUT2D eigenvalue weighted by Crippen LogP contribution is -2.53. The first-order valence-corrected chi connectivity index (χ1v) is 7.79. The fraction of sp³-hybridized carbons (Fsp3) is 0.222. The van der Waals surface area contributed by atoms with E-state index < -0.39 is 0 Å². The monoisotopic (exact) mass is 325 g/mol. The number of likely N-dealkylation sites (tertiary alicyclic amines) is 1. The Morgan fingerprint density at radius 1 is 1.04 bits per heavy atom. The average molecular weight is 325 g/mol. The van der Waals surface area contributed by atoms with Gasteiger partial charge in [0.2, 0.25) is 11.8 Å². The lowest BCUT2D eigenvalue weighted by atomic mass is 10.1. The van der Waals surface area contributed by atoms with Crippen LogP contribution in [0.3, 0.4) is 0 Å². The molecule has 1 aliphatic rings. The summed E-state index contributed by atoms with van der Waals surface area (Å²) in [5.41, 5.74) is 0.914. The molecule has 6 heteroatoms. The topological polar surface area (TPSA) is 51.4 Å². The minimum absolute atomic E-state index is 0.104. The summed E-state index contributed by atoms with van der Waals surface area (Å²) in [5, 5.41) is 8.18. The molecule has 1 fully saturated rings. The highest BCUT2D eigenvalue weighted by Gasteiger charge is 2.29. The van der Waals surface area contributed by atoms with E-state index >= 15 is 0 Å². The molecule has 0 atom stereocenters. The number of aromatic nitrogens is 2. The third kappa shape index (κ3) is 3.28. The zero-order valence-electron chi connectivity index (χ0n) is 12.9. The van der Waals surface area contributed by atoms with Crippen molar-refractivity contribution in [3.05, 3.63) is 66.3 Å². The molecule has 122 valence electrons. The Balaban J connectivity index is 1.29. The maximum absolute atomic E-state index is 12.9. The van der Waals surface area contributed by atoms with Crippen molar-refractivity contribution in [2.24, 2.45) is 0 Å². The number of rotatable bonds is 5. The number of benzene rings is 2.